The Morgan fingerprint density at radius 2 is 2.05 bits per heavy atom. The monoisotopic (exact) mass is 295 g/mol. The lowest BCUT2D eigenvalue weighted by Gasteiger charge is -2.11. The summed E-state index contributed by atoms with van der Waals surface area (Å²) in [6.45, 7) is 1.63. The van der Waals surface area contributed by atoms with Crippen LogP contribution in [-0.2, 0) is 5.88 Å². The largest absolute Gasteiger partial charge is 0.454 e. The van der Waals surface area contributed by atoms with E-state index < -0.39 is 10.7 Å². The van der Waals surface area contributed by atoms with E-state index >= 15 is 0 Å². The second-order valence-corrected chi connectivity index (χ2v) is 4.44. The van der Waals surface area contributed by atoms with Crippen LogP contribution < -0.4 is 4.74 Å². The van der Waals surface area contributed by atoms with Gasteiger partial charge in [-0.1, -0.05) is 12.1 Å². The molecule has 4 nitrogen and oxygen atoms in total. The van der Waals surface area contributed by atoms with Crippen molar-refractivity contribution in [3.63, 3.8) is 0 Å². The second kappa shape index (κ2) is 5.88. The van der Waals surface area contributed by atoms with Crippen LogP contribution in [0.15, 0.2) is 36.4 Å². The summed E-state index contributed by atoms with van der Waals surface area (Å²) >= 11 is 5.75. The SMILES string of the molecule is Cc1cccc(Oc2ccc([N+](=O)[O-])cc2CCl)c1F. The smallest absolute Gasteiger partial charge is 0.270 e. The highest BCUT2D eigenvalue weighted by Crippen LogP contribution is 2.31. The molecule has 0 N–H and O–H groups in total. The van der Waals surface area contributed by atoms with Crippen LogP contribution in [0, 0.1) is 22.9 Å². The summed E-state index contributed by atoms with van der Waals surface area (Å²) in [5, 5.41) is 10.7. The number of hydrogen-bond donors (Lipinski definition) is 0. The molecule has 0 amide bonds. The van der Waals surface area contributed by atoms with E-state index in [9.17, 15) is 14.5 Å². The van der Waals surface area contributed by atoms with Crippen molar-refractivity contribution in [1.29, 1.82) is 0 Å². The lowest BCUT2D eigenvalue weighted by molar-refractivity contribution is -0.384. The normalized spacial score (nSPS) is 10.3. The van der Waals surface area contributed by atoms with Crippen molar-refractivity contribution in [1.82, 2.24) is 0 Å². The Kier molecular flexibility index (Phi) is 4.20. The third kappa shape index (κ3) is 2.88. The summed E-state index contributed by atoms with van der Waals surface area (Å²) in [6, 6.07) is 8.80. The van der Waals surface area contributed by atoms with Gasteiger partial charge >= 0.3 is 0 Å². The number of rotatable bonds is 4. The van der Waals surface area contributed by atoms with E-state index in [0.717, 1.165) is 0 Å². The van der Waals surface area contributed by atoms with Crippen molar-refractivity contribution in [3.05, 3.63) is 63.5 Å². The number of halogens is 2. The molecule has 2 aromatic rings. The van der Waals surface area contributed by atoms with Gasteiger partial charge in [0.15, 0.2) is 11.6 Å². The number of aryl methyl sites for hydroxylation is 1. The zero-order valence-electron chi connectivity index (χ0n) is 10.6. The predicted molar refractivity (Wildman–Crippen MR) is 73.9 cm³/mol. The molecule has 0 aliphatic rings. The van der Waals surface area contributed by atoms with Gasteiger partial charge in [0.1, 0.15) is 5.75 Å². The van der Waals surface area contributed by atoms with Gasteiger partial charge in [-0.15, -0.1) is 11.6 Å². The summed E-state index contributed by atoms with van der Waals surface area (Å²) in [6.07, 6.45) is 0. The number of benzene rings is 2. The molecule has 6 heteroatoms. The van der Waals surface area contributed by atoms with Crippen molar-refractivity contribution in [2.24, 2.45) is 0 Å². The maximum absolute atomic E-state index is 13.9. The molecule has 104 valence electrons. The zero-order chi connectivity index (χ0) is 14.7. The molecule has 2 aromatic carbocycles. The molecule has 0 aliphatic carbocycles. The lowest BCUT2D eigenvalue weighted by Crippen LogP contribution is -1.95. The fourth-order valence-corrected chi connectivity index (χ4v) is 1.91. The molecule has 0 atom stereocenters. The Bertz CT molecular complexity index is 661. The molecule has 0 aliphatic heterocycles. The molecule has 2 rings (SSSR count). The van der Waals surface area contributed by atoms with Crippen LogP contribution in [0.3, 0.4) is 0 Å². The number of alkyl halides is 1. The molecule has 0 saturated carbocycles. The van der Waals surface area contributed by atoms with Crippen LogP contribution in [0.4, 0.5) is 10.1 Å². The van der Waals surface area contributed by atoms with Gasteiger partial charge in [-0.2, -0.15) is 0 Å². The van der Waals surface area contributed by atoms with Crippen molar-refractivity contribution in [3.8, 4) is 11.5 Å². The highest BCUT2D eigenvalue weighted by Gasteiger charge is 2.14. The maximum atomic E-state index is 13.9. The molecule has 0 heterocycles. The predicted octanol–water partition coefficient (Wildman–Crippen LogP) is 4.57. The van der Waals surface area contributed by atoms with Crippen molar-refractivity contribution < 1.29 is 14.1 Å². The van der Waals surface area contributed by atoms with E-state index in [1.807, 2.05) is 0 Å². The number of hydrogen-bond acceptors (Lipinski definition) is 3. The van der Waals surface area contributed by atoms with Gasteiger partial charge in [-0.25, -0.2) is 4.39 Å². The first-order valence-corrected chi connectivity index (χ1v) is 6.32. The minimum absolute atomic E-state index is 0.0322. The van der Waals surface area contributed by atoms with Gasteiger partial charge in [-0.3, -0.25) is 10.1 Å². The molecule has 0 bridgehead atoms. The van der Waals surface area contributed by atoms with Crippen molar-refractivity contribution in [2.45, 2.75) is 12.8 Å². The van der Waals surface area contributed by atoms with Gasteiger partial charge < -0.3 is 4.74 Å². The molecule has 0 radical (unpaired) electrons. The Balaban J connectivity index is 2.38. The molecule has 0 saturated heterocycles. The minimum atomic E-state index is -0.521. The quantitative estimate of drug-likeness (QED) is 0.471. The van der Waals surface area contributed by atoms with Crippen molar-refractivity contribution in [2.75, 3.05) is 0 Å². The van der Waals surface area contributed by atoms with Crippen LogP contribution in [-0.4, -0.2) is 4.92 Å². The first kappa shape index (κ1) is 14.3. The average molecular weight is 296 g/mol. The highest BCUT2D eigenvalue weighted by molar-refractivity contribution is 6.17. The Morgan fingerprint density at radius 3 is 2.70 bits per heavy atom. The Hall–Kier alpha value is -2.14. The number of nitro benzene ring substituents is 1. The minimum Gasteiger partial charge on any atom is -0.454 e. The maximum Gasteiger partial charge on any atom is 0.270 e. The van der Waals surface area contributed by atoms with Gasteiger partial charge in [0.05, 0.1) is 10.8 Å². The van der Waals surface area contributed by atoms with E-state index in [4.69, 9.17) is 16.3 Å². The molecular formula is C14H11ClFNO3. The molecule has 20 heavy (non-hydrogen) atoms. The first-order valence-electron chi connectivity index (χ1n) is 5.79. The number of nitro groups is 1. The highest BCUT2D eigenvalue weighted by atomic mass is 35.5. The standard InChI is InChI=1S/C14H11ClFNO3/c1-9-3-2-4-13(14(9)16)20-12-6-5-11(17(18)19)7-10(12)8-15/h2-7H,8H2,1H3. The topological polar surface area (TPSA) is 52.4 Å². The van der Waals surface area contributed by atoms with Crippen LogP contribution in [0.25, 0.3) is 0 Å². The van der Waals surface area contributed by atoms with Crippen molar-refractivity contribution >= 4 is 17.3 Å². The molecule has 0 fully saturated rings. The number of ether oxygens (including phenoxy) is 1. The summed E-state index contributed by atoms with van der Waals surface area (Å²) in [4.78, 5) is 10.2. The third-order valence-electron chi connectivity index (χ3n) is 2.78. The van der Waals surface area contributed by atoms with E-state index in [-0.39, 0.29) is 17.3 Å². The molecule has 0 unspecified atom stereocenters. The van der Waals surface area contributed by atoms with E-state index in [1.54, 1.807) is 19.1 Å². The number of nitrogens with zero attached hydrogens (tertiary/aromatic N) is 1. The van der Waals surface area contributed by atoms with Gasteiger partial charge in [-0.05, 0) is 24.6 Å². The van der Waals surface area contributed by atoms with E-state index in [1.165, 1.54) is 24.3 Å². The Labute approximate surface area is 119 Å². The van der Waals surface area contributed by atoms with Gasteiger partial charge in [0.2, 0.25) is 0 Å². The summed E-state index contributed by atoms with van der Waals surface area (Å²) in [7, 11) is 0. The fraction of sp³-hybridized carbons (Fsp3) is 0.143. The molecule has 0 spiro atoms. The van der Waals surface area contributed by atoms with Gasteiger partial charge in [0.25, 0.3) is 5.69 Å². The summed E-state index contributed by atoms with van der Waals surface area (Å²) < 4.78 is 19.3. The first-order chi connectivity index (χ1) is 9.52. The third-order valence-corrected chi connectivity index (χ3v) is 3.06. The van der Waals surface area contributed by atoms with E-state index in [0.29, 0.717) is 16.9 Å². The van der Waals surface area contributed by atoms with Crippen LogP contribution in [0.5, 0.6) is 11.5 Å². The van der Waals surface area contributed by atoms with Crippen LogP contribution >= 0.6 is 11.6 Å². The zero-order valence-corrected chi connectivity index (χ0v) is 11.4. The van der Waals surface area contributed by atoms with E-state index in [2.05, 4.69) is 0 Å². The van der Waals surface area contributed by atoms with Gasteiger partial charge in [0, 0.05) is 17.7 Å². The number of non-ortho nitro benzene ring substituents is 1. The van der Waals surface area contributed by atoms with Crippen LogP contribution in [0.2, 0.25) is 0 Å². The fourth-order valence-electron chi connectivity index (χ4n) is 1.70. The second-order valence-electron chi connectivity index (χ2n) is 4.17. The average Bonchev–Trinajstić information content (AvgIpc) is 2.44. The van der Waals surface area contributed by atoms with Crippen LogP contribution in [0.1, 0.15) is 11.1 Å². The lowest BCUT2D eigenvalue weighted by atomic mass is 10.2. The molecule has 0 aromatic heterocycles. The summed E-state index contributed by atoms with van der Waals surface area (Å²) in [5.74, 6) is -0.0727. The summed E-state index contributed by atoms with van der Waals surface area (Å²) in [5.41, 5.74) is 0.802. The molecular weight excluding hydrogens is 285 g/mol. The Morgan fingerprint density at radius 1 is 1.30 bits per heavy atom.